The van der Waals surface area contributed by atoms with E-state index in [0.29, 0.717) is 6.54 Å². The van der Waals surface area contributed by atoms with E-state index >= 15 is 0 Å². The van der Waals surface area contributed by atoms with Crippen LogP contribution in [-0.4, -0.2) is 22.7 Å². The highest BCUT2D eigenvalue weighted by Gasteiger charge is 2.06. The van der Waals surface area contributed by atoms with E-state index < -0.39 is 0 Å². The average Bonchev–Trinajstić information content (AvgIpc) is 2.51. The van der Waals surface area contributed by atoms with Crippen molar-refractivity contribution >= 4 is 11.3 Å². The quantitative estimate of drug-likeness (QED) is 0.742. The lowest BCUT2D eigenvalue weighted by atomic mass is 10.2. The first-order valence-electron chi connectivity index (χ1n) is 3.99. The number of hydrogen-bond acceptors (Lipinski definition) is 4. The molecule has 0 aromatic carbocycles. The molecular weight excluding hydrogens is 172 g/mol. The summed E-state index contributed by atoms with van der Waals surface area (Å²) in [7, 11) is 0. The number of aliphatic hydroxyl groups excluding tert-OH is 1. The Bertz CT molecular complexity index is 211. The molecule has 2 N–H and O–H groups in total. The van der Waals surface area contributed by atoms with Crippen molar-refractivity contribution in [2.75, 3.05) is 6.54 Å². The summed E-state index contributed by atoms with van der Waals surface area (Å²) < 4.78 is 0. The Morgan fingerprint density at radius 3 is 2.92 bits per heavy atom. The molecule has 0 amide bonds. The highest BCUT2D eigenvalue weighted by Crippen LogP contribution is 2.11. The Kier molecular flexibility index (Phi) is 3.65. The van der Waals surface area contributed by atoms with Gasteiger partial charge in [0.1, 0.15) is 0 Å². The van der Waals surface area contributed by atoms with Crippen molar-refractivity contribution in [3.63, 3.8) is 0 Å². The molecule has 0 saturated carbocycles. The van der Waals surface area contributed by atoms with Gasteiger partial charge >= 0.3 is 0 Å². The summed E-state index contributed by atoms with van der Waals surface area (Å²) in [5, 5.41) is 14.2. The van der Waals surface area contributed by atoms with Crippen LogP contribution in [0.25, 0.3) is 0 Å². The number of aromatic nitrogens is 1. The van der Waals surface area contributed by atoms with Gasteiger partial charge in [0.05, 0.1) is 17.3 Å². The van der Waals surface area contributed by atoms with Gasteiger partial charge in [-0.05, 0) is 13.8 Å². The summed E-state index contributed by atoms with van der Waals surface area (Å²) in [4.78, 5) is 4.17. The molecule has 3 nitrogen and oxygen atoms in total. The van der Waals surface area contributed by atoms with Gasteiger partial charge < -0.3 is 10.4 Å². The van der Waals surface area contributed by atoms with Gasteiger partial charge in [-0.15, -0.1) is 11.3 Å². The zero-order chi connectivity index (χ0) is 8.97. The third kappa shape index (κ3) is 2.89. The Labute approximate surface area is 76.5 Å². The Morgan fingerprint density at radius 2 is 2.42 bits per heavy atom. The fraction of sp³-hybridized carbons (Fsp3) is 0.625. The minimum atomic E-state index is -0.300. The molecule has 1 heterocycles. The molecule has 1 aromatic rings. The van der Waals surface area contributed by atoms with E-state index in [0.717, 1.165) is 5.69 Å². The van der Waals surface area contributed by atoms with Crippen molar-refractivity contribution in [2.45, 2.75) is 26.0 Å². The molecular formula is C8H14N2OS. The van der Waals surface area contributed by atoms with Gasteiger partial charge in [-0.2, -0.15) is 0 Å². The van der Waals surface area contributed by atoms with E-state index in [9.17, 15) is 0 Å². The molecule has 2 atom stereocenters. The van der Waals surface area contributed by atoms with Crippen LogP contribution in [-0.2, 0) is 0 Å². The lowest BCUT2D eigenvalue weighted by Crippen LogP contribution is -2.27. The maximum Gasteiger partial charge on any atom is 0.0795 e. The largest absolute Gasteiger partial charge is 0.392 e. The molecule has 0 spiro atoms. The highest BCUT2D eigenvalue weighted by molar-refractivity contribution is 7.07. The second-order valence-corrected chi connectivity index (χ2v) is 3.61. The number of nitrogens with zero attached hydrogens (tertiary/aromatic N) is 1. The van der Waals surface area contributed by atoms with E-state index in [1.165, 1.54) is 0 Å². The molecule has 0 aliphatic rings. The SMILES string of the molecule is CC(NC[C@@H](C)O)c1cscn1. The molecule has 1 rings (SSSR count). The normalized spacial score (nSPS) is 15.9. The number of nitrogens with one attached hydrogen (secondary N) is 1. The fourth-order valence-corrected chi connectivity index (χ4v) is 1.54. The van der Waals surface area contributed by atoms with Gasteiger partial charge in [-0.25, -0.2) is 4.98 Å². The van der Waals surface area contributed by atoms with Crippen LogP contribution in [0.2, 0.25) is 0 Å². The molecule has 4 heteroatoms. The molecule has 0 fully saturated rings. The number of aliphatic hydroxyl groups is 1. The van der Waals surface area contributed by atoms with Crippen molar-refractivity contribution in [2.24, 2.45) is 0 Å². The molecule has 0 radical (unpaired) electrons. The Hall–Kier alpha value is -0.450. The highest BCUT2D eigenvalue weighted by atomic mass is 32.1. The first-order chi connectivity index (χ1) is 5.70. The van der Waals surface area contributed by atoms with E-state index in [-0.39, 0.29) is 12.1 Å². The first-order valence-corrected chi connectivity index (χ1v) is 4.94. The van der Waals surface area contributed by atoms with Crippen LogP contribution in [0.5, 0.6) is 0 Å². The number of rotatable bonds is 4. The summed E-state index contributed by atoms with van der Waals surface area (Å²) in [5.41, 5.74) is 2.86. The zero-order valence-corrected chi connectivity index (χ0v) is 8.14. The molecule has 1 aromatic heterocycles. The lowest BCUT2D eigenvalue weighted by Gasteiger charge is -2.12. The van der Waals surface area contributed by atoms with Crippen LogP contribution in [0.4, 0.5) is 0 Å². The number of hydrogen-bond donors (Lipinski definition) is 2. The third-order valence-corrected chi connectivity index (χ3v) is 2.22. The van der Waals surface area contributed by atoms with Crippen molar-refractivity contribution in [3.8, 4) is 0 Å². The van der Waals surface area contributed by atoms with Gasteiger partial charge in [-0.1, -0.05) is 0 Å². The summed E-state index contributed by atoms with van der Waals surface area (Å²) >= 11 is 1.59. The summed E-state index contributed by atoms with van der Waals surface area (Å²) in [5.74, 6) is 0. The van der Waals surface area contributed by atoms with Crippen LogP contribution in [0, 0.1) is 0 Å². The molecule has 0 aliphatic heterocycles. The van der Waals surface area contributed by atoms with Gasteiger partial charge in [0, 0.05) is 18.0 Å². The van der Waals surface area contributed by atoms with Crippen LogP contribution in [0.1, 0.15) is 25.6 Å². The lowest BCUT2D eigenvalue weighted by molar-refractivity contribution is 0.187. The second kappa shape index (κ2) is 4.54. The number of thiazole rings is 1. The summed E-state index contributed by atoms with van der Waals surface area (Å²) in [6.07, 6.45) is -0.300. The van der Waals surface area contributed by atoms with Gasteiger partial charge in [-0.3, -0.25) is 0 Å². The minimum absolute atomic E-state index is 0.228. The summed E-state index contributed by atoms with van der Waals surface area (Å²) in [6, 6.07) is 0.228. The average molecular weight is 186 g/mol. The monoisotopic (exact) mass is 186 g/mol. The first kappa shape index (κ1) is 9.64. The van der Waals surface area contributed by atoms with Crippen LogP contribution in [0.15, 0.2) is 10.9 Å². The molecule has 0 bridgehead atoms. The van der Waals surface area contributed by atoms with E-state index in [1.54, 1.807) is 18.3 Å². The Morgan fingerprint density at radius 1 is 1.67 bits per heavy atom. The van der Waals surface area contributed by atoms with E-state index in [2.05, 4.69) is 10.3 Å². The topological polar surface area (TPSA) is 45.1 Å². The Balaban J connectivity index is 2.34. The molecule has 12 heavy (non-hydrogen) atoms. The van der Waals surface area contributed by atoms with Crippen molar-refractivity contribution in [3.05, 3.63) is 16.6 Å². The van der Waals surface area contributed by atoms with Crippen molar-refractivity contribution < 1.29 is 5.11 Å². The standard InChI is InChI=1S/C8H14N2OS/c1-6(11)3-9-7(2)8-4-12-5-10-8/h4-7,9,11H,3H2,1-2H3/t6-,7?/m1/s1. The van der Waals surface area contributed by atoms with Crippen molar-refractivity contribution in [1.82, 2.24) is 10.3 Å². The van der Waals surface area contributed by atoms with E-state index in [4.69, 9.17) is 5.11 Å². The smallest absolute Gasteiger partial charge is 0.0795 e. The minimum Gasteiger partial charge on any atom is -0.392 e. The second-order valence-electron chi connectivity index (χ2n) is 2.89. The summed E-state index contributed by atoms with van der Waals surface area (Å²) in [6.45, 7) is 4.41. The van der Waals surface area contributed by atoms with Gasteiger partial charge in [0.2, 0.25) is 0 Å². The molecule has 68 valence electrons. The maximum atomic E-state index is 9.02. The molecule has 1 unspecified atom stereocenters. The molecule has 0 saturated heterocycles. The maximum absolute atomic E-state index is 9.02. The van der Waals surface area contributed by atoms with E-state index in [1.807, 2.05) is 17.8 Å². The molecule has 0 aliphatic carbocycles. The van der Waals surface area contributed by atoms with Crippen molar-refractivity contribution in [1.29, 1.82) is 0 Å². The zero-order valence-electron chi connectivity index (χ0n) is 7.32. The fourth-order valence-electron chi connectivity index (χ4n) is 0.888. The predicted molar refractivity (Wildman–Crippen MR) is 50.2 cm³/mol. The van der Waals surface area contributed by atoms with Crippen LogP contribution < -0.4 is 5.32 Å². The predicted octanol–water partition coefficient (Wildman–Crippen LogP) is 1.17. The van der Waals surface area contributed by atoms with Gasteiger partial charge in [0.25, 0.3) is 0 Å². The van der Waals surface area contributed by atoms with Crippen LogP contribution >= 0.6 is 11.3 Å². The van der Waals surface area contributed by atoms with Gasteiger partial charge in [0.15, 0.2) is 0 Å². The van der Waals surface area contributed by atoms with Crippen LogP contribution in [0.3, 0.4) is 0 Å². The third-order valence-electron chi connectivity index (χ3n) is 1.61.